The highest BCUT2D eigenvalue weighted by Crippen LogP contribution is 2.32. The molecule has 4 aromatic rings. The fourth-order valence-electron chi connectivity index (χ4n) is 6.19. The van der Waals surface area contributed by atoms with Gasteiger partial charge in [0.05, 0.1) is 10.8 Å². The van der Waals surface area contributed by atoms with E-state index >= 15 is 0 Å². The molecule has 57 heavy (non-hydrogen) atoms. The Hall–Kier alpha value is -5.50. The van der Waals surface area contributed by atoms with E-state index in [1.165, 1.54) is 6.20 Å². The van der Waals surface area contributed by atoms with Crippen molar-refractivity contribution >= 4 is 62.9 Å². The molecular weight excluding hydrogens is 745 g/mol. The minimum atomic E-state index is -1.35. The standard InChI is InChI=1S/C43H54N6O7S/c1-11-27(2)57(54)35-18-16-33-25-31(35)26-48(10)38(50)36(30-14-12-13-28(23-30)20-22-47(9)39(51)46-33)45-32-15-17-34-29(24-32)19-21-44-37(34)49(40(52)55-42(3,4)5)41(53)56-43(6,7)8/h12-19,21,23-25,27,36,45H,11,20,22,26H2,1-10H3,(H,46,51). The molecule has 14 heteroatoms. The van der Waals surface area contributed by atoms with Gasteiger partial charge in [0, 0.05) is 60.3 Å². The Bertz CT molecular complexity index is 2150. The van der Waals surface area contributed by atoms with Gasteiger partial charge in [-0.1, -0.05) is 38.1 Å². The van der Waals surface area contributed by atoms with Gasteiger partial charge in [-0.3, -0.25) is 9.00 Å². The molecular formula is C43H54N6O7S. The molecule has 3 unspecified atom stereocenters. The van der Waals surface area contributed by atoms with Gasteiger partial charge < -0.3 is 29.9 Å². The molecule has 0 radical (unpaired) electrons. The zero-order chi connectivity index (χ0) is 41.8. The third kappa shape index (κ3) is 10.7. The number of urea groups is 1. The molecule has 0 aliphatic carbocycles. The Labute approximate surface area is 337 Å². The van der Waals surface area contributed by atoms with Crippen molar-refractivity contribution in [1.82, 2.24) is 14.8 Å². The second kappa shape index (κ2) is 17.3. The van der Waals surface area contributed by atoms with E-state index < -0.39 is 40.2 Å². The number of benzene rings is 3. The van der Waals surface area contributed by atoms with Crippen molar-refractivity contribution in [3.63, 3.8) is 0 Å². The molecule has 1 aliphatic heterocycles. The topological polar surface area (TPSA) is 150 Å². The molecule has 1 aromatic heterocycles. The van der Waals surface area contributed by atoms with Crippen LogP contribution in [-0.4, -0.2) is 80.2 Å². The molecule has 4 bridgehead atoms. The summed E-state index contributed by atoms with van der Waals surface area (Å²) in [7, 11) is 2.08. The van der Waals surface area contributed by atoms with Crippen LogP contribution in [0.25, 0.3) is 10.8 Å². The summed E-state index contributed by atoms with van der Waals surface area (Å²) in [5.74, 6) is -0.212. The number of anilines is 3. The summed E-state index contributed by atoms with van der Waals surface area (Å²) < 4.78 is 24.9. The van der Waals surface area contributed by atoms with Gasteiger partial charge in [0.2, 0.25) is 5.91 Å². The second-order valence-corrected chi connectivity index (χ2v) is 18.2. The van der Waals surface area contributed by atoms with Crippen molar-refractivity contribution in [1.29, 1.82) is 0 Å². The molecule has 3 atom stereocenters. The summed E-state index contributed by atoms with van der Waals surface area (Å²) >= 11 is 0. The zero-order valence-corrected chi connectivity index (χ0v) is 35.3. The van der Waals surface area contributed by atoms with Gasteiger partial charge in [-0.2, -0.15) is 4.90 Å². The first-order valence-corrected chi connectivity index (χ1v) is 20.3. The Balaban J connectivity index is 1.57. The molecule has 304 valence electrons. The van der Waals surface area contributed by atoms with Crippen LogP contribution >= 0.6 is 0 Å². The molecule has 0 saturated heterocycles. The minimum Gasteiger partial charge on any atom is -0.443 e. The first-order valence-electron chi connectivity index (χ1n) is 19.1. The van der Waals surface area contributed by atoms with Gasteiger partial charge >= 0.3 is 18.2 Å². The van der Waals surface area contributed by atoms with Gasteiger partial charge in [-0.25, -0.2) is 19.4 Å². The Morgan fingerprint density at radius 1 is 0.947 bits per heavy atom. The maximum Gasteiger partial charge on any atom is 0.425 e. The third-order valence-electron chi connectivity index (χ3n) is 9.28. The average molecular weight is 799 g/mol. The van der Waals surface area contributed by atoms with Crippen molar-refractivity contribution in [2.24, 2.45) is 0 Å². The summed E-state index contributed by atoms with van der Waals surface area (Å²) in [4.78, 5) is 63.8. The van der Waals surface area contributed by atoms with E-state index in [0.717, 1.165) is 10.5 Å². The van der Waals surface area contributed by atoms with Crippen LogP contribution < -0.4 is 15.5 Å². The van der Waals surface area contributed by atoms with Crippen LogP contribution in [0, 0.1) is 0 Å². The summed E-state index contributed by atoms with van der Waals surface area (Å²) in [5, 5.41) is 7.39. The van der Waals surface area contributed by atoms with E-state index in [9.17, 15) is 23.4 Å². The molecule has 0 saturated carbocycles. The lowest BCUT2D eigenvalue weighted by Gasteiger charge is -2.29. The summed E-state index contributed by atoms with van der Waals surface area (Å²) in [6.07, 6.45) is 0.869. The first-order chi connectivity index (χ1) is 26.7. The number of amides is 5. The Morgan fingerprint density at radius 2 is 1.63 bits per heavy atom. The number of carbonyl (C=O) groups is 4. The van der Waals surface area contributed by atoms with E-state index in [1.54, 1.807) is 102 Å². The lowest BCUT2D eigenvalue weighted by Crippen LogP contribution is -2.44. The highest BCUT2D eigenvalue weighted by atomic mass is 32.2. The summed E-state index contributed by atoms with van der Waals surface area (Å²) in [6, 6.07) is 18.9. The first kappa shape index (κ1) is 42.6. The minimum absolute atomic E-state index is 0.0331. The highest BCUT2D eigenvalue weighted by Gasteiger charge is 2.35. The number of pyridine rings is 1. The largest absolute Gasteiger partial charge is 0.443 e. The van der Waals surface area contributed by atoms with Crippen LogP contribution in [0.3, 0.4) is 0 Å². The van der Waals surface area contributed by atoms with Crippen LogP contribution in [0.5, 0.6) is 0 Å². The molecule has 5 rings (SSSR count). The van der Waals surface area contributed by atoms with E-state index in [1.807, 2.05) is 44.2 Å². The predicted molar refractivity (Wildman–Crippen MR) is 224 cm³/mol. The van der Waals surface area contributed by atoms with Crippen molar-refractivity contribution < 1.29 is 32.9 Å². The van der Waals surface area contributed by atoms with E-state index in [-0.39, 0.29) is 29.6 Å². The van der Waals surface area contributed by atoms with Crippen molar-refractivity contribution in [3.8, 4) is 0 Å². The number of nitrogens with one attached hydrogen (secondary N) is 2. The van der Waals surface area contributed by atoms with Gasteiger partial charge in [-0.15, -0.1) is 0 Å². The lowest BCUT2D eigenvalue weighted by molar-refractivity contribution is -0.131. The van der Waals surface area contributed by atoms with Gasteiger partial charge in [0.1, 0.15) is 17.2 Å². The number of hydrogen-bond acceptors (Lipinski definition) is 9. The number of likely N-dealkylation sites (N-methyl/N-ethyl adjacent to an activating group) is 2. The van der Waals surface area contributed by atoms with Gasteiger partial charge in [0.15, 0.2) is 5.82 Å². The molecule has 13 nitrogen and oxygen atoms in total. The number of hydrogen-bond donors (Lipinski definition) is 2. The smallest absolute Gasteiger partial charge is 0.425 e. The van der Waals surface area contributed by atoms with Crippen LogP contribution in [0.15, 0.2) is 77.8 Å². The molecule has 0 fully saturated rings. The SMILES string of the molecule is CCC(C)S(=O)c1ccc2cc1CN(C)C(=O)C(Nc1ccc3c(N(C(=O)OC(C)(C)C)C(=O)OC(C)(C)C)nccc3c1)c1cccc(c1)CCN(C)C(=O)N2. The normalized spacial score (nSPS) is 16.5. The maximum absolute atomic E-state index is 14.6. The fraction of sp³-hybridized carbons (Fsp3) is 0.419. The van der Waals surface area contributed by atoms with Crippen molar-refractivity contribution in [3.05, 3.63) is 89.6 Å². The second-order valence-electron chi connectivity index (χ2n) is 16.3. The predicted octanol–water partition coefficient (Wildman–Crippen LogP) is 8.65. The Kier molecular flexibility index (Phi) is 13.0. The number of aromatic nitrogens is 1. The number of carbonyl (C=O) groups excluding carboxylic acids is 4. The third-order valence-corrected chi connectivity index (χ3v) is 11.2. The number of nitrogens with zero attached hydrogens (tertiary/aromatic N) is 4. The fourth-order valence-corrected chi connectivity index (χ4v) is 7.51. The quantitative estimate of drug-likeness (QED) is 0.195. The number of imide groups is 1. The van der Waals surface area contributed by atoms with Crippen LogP contribution in [-0.2, 0) is 38.0 Å². The van der Waals surface area contributed by atoms with Crippen LogP contribution in [0.2, 0.25) is 0 Å². The van der Waals surface area contributed by atoms with Crippen LogP contribution in [0.1, 0.15) is 84.5 Å². The van der Waals surface area contributed by atoms with E-state index in [2.05, 4.69) is 15.6 Å². The maximum atomic E-state index is 14.6. The Morgan fingerprint density at radius 3 is 2.28 bits per heavy atom. The highest BCUT2D eigenvalue weighted by molar-refractivity contribution is 7.85. The van der Waals surface area contributed by atoms with Gasteiger partial charge in [0.25, 0.3) is 0 Å². The summed E-state index contributed by atoms with van der Waals surface area (Å²) in [5.41, 5.74) is 1.64. The number of rotatable bonds is 6. The van der Waals surface area contributed by atoms with Crippen molar-refractivity contribution in [2.75, 3.05) is 36.2 Å². The number of fused-ring (bicyclic) bond motifs is 5. The molecule has 3 aromatic carbocycles. The average Bonchev–Trinajstić information content (AvgIpc) is 3.13. The van der Waals surface area contributed by atoms with Crippen LogP contribution in [0.4, 0.5) is 31.6 Å². The molecule has 5 amide bonds. The van der Waals surface area contributed by atoms with E-state index in [4.69, 9.17) is 9.47 Å². The molecule has 2 heterocycles. The van der Waals surface area contributed by atoms with Crippen molar-refractivity contribution in [2.45, 2.75) is 102 Å². The van der Waals surface area contributed by atoms with E-state index in [0.29, 0.717) is 57.6 Å². The number of ether oxygens (including phenoxy) is 2. The summed E-state index contributed by atoms with van der Waals surface area (Å²) in [6.45, 7) is 14.7. The molecule has 0 spiro atoms. The molecule has 1 aliphatic rings. The van der Waals surface area contributed by atoms with Gasteiger partial charge in [-0.05, 0) is 119 Å². The monoisotopic (exact) mass is 798 g/mol. The zero-order valence-electron chi connectivity index (χ0n) is 34.5. The molecule has 2 N–H and O–H groups in total. The lowest BCUT2D eigenvalue weighted by atomic mass is 10.00.